The van der Waals surface area contributed by atoms with Crippen LogP contribution >= 0.6 is 0 Å². The van der Waals surface area contributed by atoms with E-state index in [9.17, 15) is 39.7 Å². The number of nitrogens with zero attached hydrogens (tertiary/aromatic N) is 2. The third-order valence-corrected chi connectivity index (χ3v) is 6.83. The number of hydrogen-bond acceptors (Lipinski definition) is 5. The van der Waals surface area contributed by atoms with Crippen LogP contribution in [0, 0.1) is 40.7 Å². The number of halogens is 7. The van der Waals surface area contributed by atoms with Gasteiger partial charge in [0, 0.05) is 29.3 Å². The van der Waals surface area contributed by atoms with Crippen LogP contribution in [-0.4, -0.2) is 20.9 Å². The summed E-state index contributed by atoms with van der Waals surface area (Å²) in [6.45, 7) is 0. The first-order chi connectivity index (χ1) is 19.5. The number of methoxy groups -OCH3 is 1. The Balaban J connectivity index is 1.55. The average Bonchev–Trinajstić information content (AvgIpc) is 2.95. The number of fused-ring (bicyclic) bond motifs is 1. The van der Waals surface area contributed by atoms with Crippen molar-refractivity contribution in [3.63, 3.8) is 0 Å². The first kappa shape index (κ1) is 27.8. The molecule has 0 aliphatic rings. The maximum Gasteiger partial charge on any atom is 0.255 e. The van der Waals surface area contributed by atoms with Crippen molar-refractivity contribution in [2.75, 3.05) is 7.11 Å². The van der Waals surface area contributed by atoms with Crippen LogP contribution in [0.3, 0.4) is 0 Å². The molecule has 5 rings (SSSR count). The van der Waals surface area contributed by atoms with Crippen molar-refractivity contribution in [3.8, 4) is 28.4 Å². The van der Waals surface area contributed by atoms with Crippen LogP contribution < -0.4 is 14.5 Å². The van der Waals surface area contributed by atoms with Gasteiger partial charge in [-0.1, -0.05) is 6.07 Å². The molecule has 1 unspecified atom stereocenters. The van der Waals surface area contributed by atoms with E-state index in [4.69, 9.17) is 4.74 Å². The highest BCUT2D eigenvalue weighted by atomic mass is 32.2. The fraction of sp³-hybridized carbons (Fsp3) is 0.0370. The maximum atomic E-state index is 14.0. The highest BCUT2D eigenvalue weighted by molar-refractivity contribution is 7.80. The van der Waals surface area contributed by atoms with E-state index in [1.807, 2.05) is 0 Å². The Morgan fingerprint density at radius 2 is 1.44 bits per heavy atom. The van der Waals surface area contributed by atoms with Crippen LogP contribution in [0.1, 0.15) is 0 Å². The van der Waals surface area contributed by atoms with Crippen LogP contribution in [0.5, 0.6) is 11.5 Å². The third-order valence-electron chi connectivity index (χ3n) is 5.87. The molecule has 3 aromatic carbocycles. The summed E-state index contributed by atoms with van der Waals surface area (Å²) in [6.07, 6.45) is 2.54. The molecule has 0 fully saturated rings. The Kier molecular flexibility index (Phi) is 7.26. The summed E-state index contributed by atoms with van der Waals surface area (Å²) in [7, 11) is 1.29. The van der Waals surface area contributed by atoms with E-state index in [0.717, 1.165) is 22.8 Å². The lowest BCUT2D eigenvalue weighted by Crippen LogP contribution is -2.18. The molecule has 0 radical (unpaired) electrons. The van der Waals surface area contributed by atoms with Crippen LogP contribution in [0.25, 0.3) is 27.7 Å². The molecular formula is C27H13F7N2O4S. The molecule has 0 spiro atoms. The molecular weight excluding hydrogens is 581 g/mol. The summed E-state index contributed by atoms with van der Waals surface area (Å²) in [4.78, 5) is 17.0. The third kappa shape index (κ3) is 5.01. The van der Waals surface area contributed by atoms with E-state index < -0.39 is 63.1 Å². The zero-order valence-corrected chi connectivity index (χ0v) is 21.2. The number of rotatable bonds is 6. The minimum Gasteiger partial charge on any atom is -0.494 e. The van der Waals surface area contributed by atoms with Gasteiger partial charge in [-0.3, -0.25) is 14.3 Å². The first-order valence-electron chi connectivity index (χ1n) is 11.3. The highest BCUT2D eigenvalue weighted by Crippen LogP contribution is 2.35. The smallest absolute Gasteiger partial charge is 0.255 e. The number of pyridine rings is 2. The van der Waals surface area contributed by atoms with Crippen LogP contribution in [0.15, 0.2) is 70.6 Å². The summed E-state index contributed by atoms with van der Waals surface area (Å²) < 4.78 is 119. The molecule has 0 aliphatic carbocycles. The van der Waals surface area contributed by atoms with Crippen molar-refractivity contribution in [3.05, 3.63) is 112 Å². The number of hydrogen-bond donors (Lipinski definition) is 0. The highest BCUT2D eigenvalue weighted by Gasteiger charge is 2.29. The van der Waals surface area contributed by atoms with Gasteiger partial charge in [-0.05, 0) is 35.7 Å². The van der Waals surface area contributed by atoms with E-state index in [0.29, 0.717) is 16.8 Å². The van der Waals surface area contributed by atoms with Gasteiger partial charge in [0.25, 0.3) is 5.56 Å². The van der Waals surface area contributed by atoms with Gasteiger partial charge >= 0.3 is 0 Å². The molecule has 2 aromatic heterocycles. The van der Waals surface area contributed by atoms with E-state index in [-0.39, 0.29) is 27.6 Å². The van der Waals surface area contributed by atoms with Crippen LogP contribution in [-0.2, 0) is 11.1 Å². The van der Waals surface area contributed by atoms with Crippen LogP contribution in [0.4, 0.5) is 30.7 Å². The van der Waals surface area contributed by atoms with Gasteiger partial charge in [-0.25, -0.2) is 26.2 Å². The molecule has 0 saturated heterocycles. The Morgan fingerprint density at radius 3 is 2.07 bits per heavy atom. The lowest BCUT2D eigenvalue weighted by atomic mass is 10.0. The van der Waals surface area contributed by atoms with Crippen molar-refractivity contribution in [1.82, 2.24) is 9.55 Å². The minimum atomic E-state index is -2.72. The molecule has 5 aromatic rings. The minimum absolute atomic E-state index is 0.0934. The van der Waals surface area contributed by atoms with Crippen molar-refractivity contribution in [1.29, 1.82) is 0 Å². The fourth-order valence-electron chi connectivity index (χ4n) is 4.00. The molecule has 0 aliphatic heterocycles. The molecule has 6 nitrogen and oxygen atoms in total. The molecule has 0 N–H and O–H groups in total. The SMILES string of the molecule is COc1cn(-c2cc(F)cc(F)c2)c(=O)cc1-c1nccc2cc(S(=O)Oc3c(F)c(F)c(F)c(F)c3F)ccc12. The largest absolute Gasteiger partial charge is 0.494 e. The Morgan fingerprint density at radius 1 is 0.805 bits per heavy atom. The molecule has 210 valence electrons. The second kappa shape index (κ2) is 10.7. The van der Waals surface area contributed by atoms with E-state index in [2.05, 4.69) is 9.17 Å². The molecule has 14 heteroatoms. The monoisotopic (exact) mass is 594 g/mol. The molecule has 2 heterocycles. The lowest BCUT2D eigenvalue weighted by molar-refractivity contribution is 0.352. The Labute approximate surface area is 227 Å². The lowest BCUT2D eigenvalue weighted by Gasteiger charge is -2.14. The van der Waals surface area contributed by atoms with Gasteiger partial charge in [0.2, 0.25) is 45.9 Å². The average molecular weight is 594 g/mol. The van der Waals surface area contributed by atoms with Gasteiger partial charge in [0.1, 0.15) is 17.4 Å². The quantitative estimate of drug-likeness (QED) is 0.134. The van der Waals surface area contributed by atoms with Gasteiger partial charge in [0.05, 0.1) is 29.6 Å². The molecule has 41 heavy (non-hydrogen) atoms. The summed E-state index contributed by atoms with van der Waals surface area (Å²) in [5.74, 6) is -14.9. The van der Waals surface area contributed by atoms with Crippen LogP contribution in [0.2, 0.25) is 0 Å². The Bertz CT molecular complexity index is 1900. The fourth-order valence-corrected chi connectivity index (χ4v) is 4.79. The molecule has 1 atom stereocenters. The predicted octanol–water partition coefficient (Wildman–Crippen LogP) is 6.14. The van der Waals surface area contributed by atoms with Gasteiger partial charge in [-0.15, -0.1) is 0 Å². The van der Waals surface area contributed by atoms with E-state index in [1.165, 1.54) is 43.8 Å². The standard InChI is InChI=1S/C27H13F7N2O4S/c1-39-19-11-36(15-8-13(28)7-14(29)9-15)20(37)10-18(19)26-17-3-2-16(6-12(17)4-5-35-26)41(38)40-27-24(33)22(31)21(30)23(32)25(27)34/h2-11H,1H3. The summed E-state index contributed by atoms with van der Waals surface area (Å²) in [6, 6.07) is 8.97. The van der Waals surface area contributed by atoms with E-state index in [1.54, 1.807) is 0 Å². The second-order valence-corrected chi connectivity index (χ2v) is 9.46. The zero-order valence-electron chi connectivity index (χ0n) is 20.4. The topological polar surface area (TPSA) is 70.4 Å². The number of ether oxygens (including phenoxy) is 1. The molecule has 0 saturated carbocycles. The summed E-state index contributed by atoms with van der Waals surface area (Å²) in [5.41, 5.74) is -0.391. The van der Waals surface area contributed by atoms with Crippen molar-refractivity contribution in [2.45, 2.75) is 4.90 Å². The van der Waals surface area contributed by atoms with Gasteiger partial charge in [0.15, 0.2) is 0 Å². The molecule has 0 bridgehead atoms. The second-order valence-electron chi connectivity index (χ2n) is 8.35. The number of benzene rings is 3. The molecule has 0 amide bonds. The van der Waals surface area contributed by atoms with Gasteiger partial charge in [-0.2, -0.15) is 8.78 Å². The Hall–Kier alpha value is -4.72. The first-order valence-corrected chi connectivity index (χ1v) is 12.4. The summed E-state index contributed by atoms with van der Waals surface area (Å²) in [5, 5.41) is 0.706. The van der Waals surface area contributed by atoms with E-state index >= 15 is 0 Å². The normalized spacial score (nSPS) is 12.0. The predicted molar refractivity (Wildman–Crippen MR) is 133 cm³/mol. The number of aromatic nitrogens is 2. The van der Waals surface area contributed by atoms with Crippen molar-refractivity contribution < 1.29 is 43.9 Å². The zero-order chi connectivity index (χ0) is 29.6. The maximum absolute atomic E-state index is 14.0. The van der Waals surface area contributed by atoms with Crippen molar-refractivity contribution in [2.24, 2.45) is 0 Å². The van der Waals surface area contributed by atoms with Crippen molar-refractivity contribution >= 4 is 21.9 Å². The summed E-state index contributed by atoms with van der Waals surface area (Å²) >= 11 is -2.72. The van der Waals surface area contributed by atoms with Gasteiger partial charge < -0.3 is 8.92 Å².